The van der Waals surface area contributed by atoms with Gasteiger partial charge < -0.3 is 15.0 Å². The van der Waals surface area contributed by atoms with Gasteiger partial charge in [-0.3, -0.25) is 14.8 Å². The van der Waals surface area contributed by atoms with E-state index in [1.165, 1.54) is 6.07 Å². The highest BCUT2D eigenvalue weighted by Crippen LogP contribution is 2.38. The van der Waals surface area contributed by atoms with Gasteiger partial charge in [-0.05, 0) is 47.1 Å². The largest absolute Gasteiger partial charge is 0.444 e. The van der Waals surface area contributed by atoms with E-state index in [1.807, 2.05) is 44.2 Å². The number of amides is 1. The van der Waals surface area contributed by atoms with Gasteiger partial charge in [0.05, 0.1) is 28.1 Å². The first-order valence-corrected chi connectivity index (χ1v) is 9.46. The first-order chi connectivity index (χ1) is 13.1. The monoisotopic (exact) mass is 389 g/mol. The maximum absolute atomic E-state index is 12.1. The molecule has 1 atom stereocenters. The molecule has 1 saturated heterocycles. The van der Waals surface area contributed by atoms with Crippen molar-refractivity contribution in [1.29, 1.82) is 0 Å². The van der Waals surface area contributed by atoms with Crippen LogP contribution in [0, 0.1) is 10.1 Å². The number of hydrogen-bond donors (Lipinski definition) is 1. The number of nitro groups is 1. The Balaban J connectivity index is 1.88. The Morgan fingerprint density at radius 3 is 2.71 bits per heavy atom. The molecule has 1 fully saturated rings. The number of ether oxygens (including phenoxy) is 1. The third-order valence-corrected chi connectivity index (χ3v) is 4.64. The molecule has 1 aromatic carbocycles. The molecule has 0 bridgehead atoms. The third-order valence-electron chi connectivity index (χ3n) is 4.64. The summed E-state index contributed by atoms with van der Waals surface area (Å²) in [5.41, 5.74) is 0.897. The summed E-state index contributed by atoms with van der Waals surface area (Å²) in [6.45, 7) is 10.5. The van der Waals surface area contributed by atoms with Crippen molar-refractivity contribution in [1.82, 2.24) is 15.1 Å². The zero-order valence-corrected chi connectivity index (χ0v) is 16.9. The summed E-state index contributed by atoms with van der Waals surface area (Å²) in [5, 5.41) is 19.7. The predicted octanol–water partition coefficient (Wildman–Crippen LogP) is 3.63. The Hall–Kier alpha value is -2.84. The molecule has 0 radical (unpaired) electrons. The topological polar surface area (TPSA) is 103 Å². The number of rotatable bonds is 4. The number of aromatic nitrogens is 2. The SMILES string of the molecule is CC(C)n1ncc2c(N3CC[C@@H](NC(=O)OC(C)(C)C)C3)c([N+](=O)[O-])ccc21. The number of nitro benzene ring substituents is 1. The normalized spacial score (nSPS) is 17.4. The molecular weight excluding hydrogens is 362 g/mol. The van der Waals surface area contributed by atoms with Gasteiger partial charge in [-0.1, -0.05) is 0 Å². The number of nitrogens with one attached hydrogen (secondary N) is 1. The average molecular weight is 389 g/mol. The summed E-state index contributed by atoms with van der Waals surface area (Å²) in [5.74, 6) is 0. The molecule has 1 aromatic heterocycles. The van der Waals surface area contributed by atoms with Crippen molar-refractivity contribution < 1.29 is 14.5 Å². The van der Waals surface area contributed by atoms with Gasteiger partial charge in [-0.15, -0.1) is 0 Å². The summed E-state index contributed by atoms with van der Waals surface area (Å²) in [7, 11) is 0. The van der Waals surface area contributed by atoms with E-state index >= 15 is 0 Å². The number of fused-ring (bicyclic) bond motifs is 1. The molecule has 0 spiro atoms. The summed E-state index contributed by atoms with van der Waals surface area (Å²) >= 11 is 0. The minimum atomic E-state index is -0.571. The first kappa shape index (κ1) is 19.9. The van der Waals surface area contributed by atoms with Crippen molar-refractivity contribution in [3.63, 3.8) is 0 Å². The number of benzene rings is 1. The van der Waals surface area contributed by atoms with Gasteiger partial charge in [-0.2, -0.15) is 5.10 Å². The van der Waals surface area contributed by atoms with Crippen LogP contribution in [0.5, 0.6) is 0 Å². The minimum absolute atomic E-state index is 0.0497. The summed E-state index contributed by atoms with van der Waals surface area (Å²) in [4.78, 5) is 25.3. The van der Waals surface area contributed by atoms with E-state index in [1.54, 1.807) is 12.3 Å². The molecule has 1 aliphatic rings. The molecule has 28 heavy (non-hydrogen) atoms. The van der Waals surface area contributed by atoms with Crippen molar-refractivity contribution in [3.05, 3.63) is 28.4 Å². The van der Waals surface area contributed by atoms with E-state index in [0.29, 0.717) is 25.2 Å². The van der Waals surface area contributed by atoms with Gasteiger partial charge >= 0.3 is 6.09 Å². The molecule has 9 heteroatoms. The van der Waals surface area contributed by atoms with Crippen LogP contribution in [0.3, 0.4) is 0 Å². The fraction of sp³-hybridized carbons (Fsp3) is 0.579. The lowest BCUT2D eigenvalue weighted by molar-refractivity contribution is -0.384. The second kappa shape index (κ2) is 7.29. The lowest BCUT2D eigenvalue weighted by Crippen LogP contribution is -2.40. The minimum Gasteiger partial charge on any atom is -0.444 e. The van der Waals surface area contributed by atoms with Crippen molar-refractivity contribution in [2.24, 2.45) is 0 Å². The number of carbonyl (C=O) groups excluding carboxylic acids is 1. The van der Waals surface area contributed by atoms with E-state index in [4.69, 9.17) is 4.74 Å². The van der Waals surface area contributed by atoms with E-state index < -0.39 is 11.7 Å². The molecule has 1 aliphatic heterocycles. The zero-order chi connectivity index (χ0) is 20.6. The molecule has 1 N–H and O–H groups in total. The van der Waals surface area contributed by atoms with Crippen LogP contribution in [0.2, 0.25) is 0 Å². The Labute approximate surface area is 163 Å². The summed E-state index contributed by atoms with van der Waals surface area (Å²) in [6.07, 6.45) is 1.90. The van der Waals surface area contributed by atoms with E-state index in [0.717, 1.165) is 10.9 Å². The van der Waals surface area contributed by atoms with Gasteiger partial charge in [-0.25, -0.2) is 4.79 Å². The Morgan fingerprint density at radius 1 is 1.39 bits per heavy atom. The van der Waals surface area contributed by atoms with Crippen LogP contribution in [-0.2, 0) is 4.74 Å². The second-order valence-corrected chi connectivity index (χ2v) is 8.38. The predicted molar refractivity (Wildman–Crippen MR) is 107 cm³/mol. The maximum Gasteiger partial charge on any atom is 0.407 e. The molecule has 3 rings (SSSR count). The molecule has 9 nitrogen and oxygen atoms in total. The van der Waals surface area contributed by atoms with Crippen LogP contribution in [0.1, 0.15) is 47.1 Å². The van der Waals surface area contributed by atoms with Crippen molar-refractivity contribution in [2.45, 2.75) is 58.7 Å². The van der Waals surface area contributed by atoms with Gasteiger partial charge in [0.2, 0.25) is 0 Å². The number of carbonyl (C=O) groups is 1. The van der Waals surface area contributed by atoms with Crippen LogP contribution in [0.15, 0.2) is 18.3 Å². The summed E-state index contributed by atoms with van der Waals surface area (Å²) < 4.78 is 7.17. The van der Waals surface area contributed by atoms with Gasteiger partial charge in [0.15, 0.2) is 0 Å². The fourth-order valence-electron chi connectivity index (χ4n) is 3.54. The van der Waals surface area contributed by atoms with Crippen LogP contribution in [0.25, 0.3) is 10.9 Å². The molecule has 0 aliphatic carbocycles. The molecule has 152 valence electrons. The quantitative estimate of drug-likeness (QED) is 0.633. The summed E-state index contributed by atoms with van der Waals surface area (Å²) in [6, 6.07) is 3.29. The molecule has 2 aromatic rings. The van der Waals surface area contributed by atoms with Crippen molar-refractivity contribution in [3.8, 4) is 0 Å². The number of alkyl carbamates (subject to hydrolysis) is 1. The van der Waals surface area contributed by atoms with Crippen LogP contribution < -0.4 is 10.2 Å². The van der Waals surface area contributed by atoms with Gasteiger partial charge in [0.1, 0.15) is 11.3 Å². The molecule has 1 amide bonds. The second-order valence-electron chi connectivity index (χ2n) is 8.38. The third kappa shape index (κ3) is 4.02. The highest BCUT2D eigenvalue weighted by Gasteiger charge is 2.32. The van der Waals surface area contributed by atoms with Gasteiger partial charge in [0.25, 0.3) is 5.69 Å². The van der Waals surface area contributed by atoms with E-state index in [9.17, 15) is 14.9 Å². The van der Waals surface area contributed by atoms with E-state index in [2.05, 4.69) is 10.4 Å². The van der Waals surface area contributed by atoms with E-state index in [-0.39, 0.29) is 22.7 Å². The smallest absolute Gasteiger partial charge is 0.407 e. The first-order valence-electron chi connectivity index (χ1n) is 9.46. The zero-order valence-electron chi connectivity index (χ0n) is 16.9. The molecule has 0 unspecified atom stereocenters. The molecular formula is C19H27N5O4. The van der Waals surface area contributed by atoms with Crippen LogP contribution >= 0.6 is 0 Å². The average Bonchev–Trinajstić information content (AvgIpc) is 3.18. The molecule has 2 heterocycles. The van der Waals surface area contributed by atoms with Crippen LogP contribution in [-0.4, -0.2) is 45.5 Å². The molecule has 0 saturated carbocycles. The highest BCUT2D eigenvalue weighted by molar-refractivity contribution is 5.97. The van der Waals surface area contributed by atoms with Crippen molar-refractivity contribution >= 4 is 28.4 Å². The number of anilines is 1. The lowest BCUT2D eigenvalue weighted by Gasteiger charge is -2.22. The fourth-order valence-corrected chi connectivity index (χ4v) is 3.54. The maximum atomic E-state index is 12.1. The number of nitrogens with zero attached hydrogens (tertiary/aromatic N) is 4. The Bertz CT molecular complexity index is 900. The Morgan fingerprint density at radius 2 is 2.11 bits per heavy atom. The Kier molecular flexibility index (Phi) is 5.18. The lowest BCUT2D eigenvalue weighted by atomic mass is 10.1. The standard InChI is InChI=1S/C19H27N5O4/c1-12(2)23-15-6-7-16(24(26)27)17(14(15)10-20-23)22-9-8-13(11-22)21-18(25)28-19(3,4)5/h6-7,10,12-13H,8-9,11H2,1-5H3,(H,21,25)/t13-/m1/s1. The highest BCUT2D eigenvalue weighted by atomic mass is 16.6. The van der Waals surface area contributed by atoms with Gasteiger partial charge in [0, 0.05) is 25.2 Å². The number of hydrogen-bond acceptors (Lipinski definition) is 6. The van der Waals surface area contributed by atoms with Crippen molar-refractivity contribution in [2.75, 3.05) is 18.0 Å². The van der Waals surface area contributed by atoms with Crippen LogP contribution in [0.4, 0.5) is 16.2 Å².